The van der Waals surface area contributed by atoms with Gasteiger partial charge in [0.25, 0.3) is 0 Å². The number of nitrogens with two attached hydrogens (primary N) is 1. The molecule has 2 rings (SSSR count). The van der Waals surface area contributed by atoms with Crippen LogP contribution in [0.3, 0.4) is 0 Å². The SMILES string of the molecule is CCc1c(C)nn(CC(=O)Nc2ccc(C)c(N)c2)c1C. The zero-order valence-electron chi connectivity index (χ0n) is 13.0. The van der Waals surface area contributed by atoms with E-state index >= 15 is 0 Å². The predicted molar refractivity (Wildman–Crippen MR) is 85.3 cm³/mol. The van der Waals surface area contributed by atoms with Crippen molar-refractivity contribution < 1.29 is 4.79 Å². The number of amides is 1. The second-order valence-corrected chi connectivity index (χ2v) is 5.28. The van der Waals surface area contributed by atoms with Crippen LogP contribution < -0.4 is 11.1 Å². The summed E-state index contributed by atoms with van der Waals surface area (Å²) in [5.74, 6) is -0.105. The Morgan fingerprint density at radius 1 is 1.33 bits per heavy atom. The van der Waals surface area contributed by atoms with Crippen LogP contribution in [0.1, 0.15) is 29.4 Å². The molecule has 1 aromatic carbocycles. The summed E-state index contributed by atoms with van der Waals surface area (Å²) in [6.07, 6.45) is 0.924. The zero-order chi connectivity index (χ0) is 15.6. The van der Waals surface area contributed by atoms with Crippen molar-refractivity contribution in [3.63, 3.8) is 0 Å². The van der Waals surface area contributed by atoms with Crippen molar-refractivity contribution in [1.82, 2.24) is 9.78 Å². The zero-order valence-corrected chi connectivity index (χ0v) is 13.0. The first-order valence-electron chi connectivity index (χ1n) is 7.11. The number of rotatable bonds is 4. The minimum absolute atomic E-state index is 0.105. The molecule has 0 saturated carbocycles. The number of benzene rings is 1. The van der Waals surface area contributed by atoms with E-state index in [1.54, 1.807) is 10.7 Å². The Kier molecular flexibility index (Phi) is 4.31. The highest BCUT2D eigenvalue weighted by Crippen LogP contribution is 2.17. The Hall–Kier alpha value is -2.30. The summed E-state index contributed by atoms with van der Waals surface area (Å²) in [4.78, 5) is 12.1. The third kappa shape index (κ3) is 3.24. The van der Waals surface area contributed by atoms with Crippen molar-refractivity contribution in [3.05, 3.63) is 40.7 Å². The van der Waals surface area contributed by atoms with Gasteiger partial charge in [-0.25, -0.2) is 0 Å². The normalized spacial score (nSPS) is 10.7. The molecular weight excluding hydrogens is 264 g/mol. The molecule has 0 bridgehead atoms. The van der Waals surface area contributed by atoms with Gasteiger partial charge in [0.2, 0.25) is 5.91 Å². The Labute approximate surface area is 125 Å². The van der Waals surface area contributed by atoms with E-state index in [9.17, 15) is 4.79 Å². The predicted octanol–water partition coefficient (Wildman–Crippen LogP) is 2.59. The fraction of sp³-hybridized carbons (Fsp3) is 0.375. The van der Waals surface area contributed by atoms with Crippen LogP contribution >= 0.6 is 0 Å². The molecule has 0 radical (unpaired) electrons. The molecule has 0 unspecified atom stereocenters. The Balaban J connectivity index is 2.10. The molecule has 2 aromatic rings. The number of nitrogen functional groups attached to an aromatic ring is 1. The molecule has 1 aromatic heterocycles. The van der Waals surface area contributed by atoms with E-state index in [1.165, 1.54) is 5.56 Å². The maximum absolute atomic E-state index is 12.1. The first kappa shape index (κ1) is 15.1. The van der Waals surface area contributed by atoms with Gasteiger partial charge >= 0.3 is 0 Å². The van der Waals surface area contributed by atoms with Gasteiger partial charge in [-0.3, -0.25) is 9.48 Å². The van der Waals surface area contributed by atoms with Crippen LogP contribution in [-0.2, 0) is 17.8 Å². The van der Waals surface area contributed by atoms with Crippen molar-refractivity contribution in [2.75, 3.05) is 11.1 Å². The molecule has 0 atom stereocenters. The summed E-state index contributed by atoms with van der Waals surface area (Å²) in [5, 5.41) is 7.28. The number of carbonyl (C=O) groups is 1. The maximum atomic E-state index is 12.1. The summed E-state index contributed by atoms with van der Waals surface area (Å²) in [5.41, 5.74) is 11.5. The number of aromatic nitrogens is 2. The molecule has 1 heterocycles. The molecule has 21 heavy (non-hydrogen) atoms. The minimum Gasteiger partial charge on any atom is -0.398 e. The van der Waals surface area contributed by atoms with E-state index in [-0.39, 0.29) is 12.5 Å². The quantitative estimate of drug-likeness (QED) is 0.848. The van der Waals surface area contributed by atoms with Gasteiger partial charge in [0.05, 0.1) is 5.69 Å². The van der Waals surface area contributed by atoms with Crippen LogP contribution in [-0.4, -0.2) is 15.7 Å². The molecule has 0 aliphatic rings. The summed E-state index contributed by atoms with van der Waals surface area (Å²) >= 11 is 0. The smallest absolute Gasteiger partial charge is 0.246 e. The Morgan fingerprint density at radius 3 is 2.62 bits per heavy atom. The average Bonchev–Trinajstić information content (AvgIpc) is 2.68. The number of anilines is 2. The van der Waals surface area contributed by atoms with Crippen LogP contribution in [0.15, 0.2) is 18.2 Å². The standard InChI is InChI=1S/C16H22N4O/c1-5-14-11(3)19-20(12(14)4)9-16(21)18-13-7-6-10(2)15(17)8-13/h6-8H,5,9,17H2,1-4H3,(H,18,21). The summed E-state index contributed by atoms with van der Waals surface area (Å²) in [6.45, 7) is 8.21. The molecular formula is C16H22N4O. The maximum Gasteiger partial charge on any atom is 0.246 e. The number of hydrogen-bond donors (Lipinski definition) is 2. The first-order valence-corrected chi connectivity index (χ1v) is 7.11. The number of aryl methyl sites for hydroxylation is 2. The molecule has 0 aliphatic heterocycles. The molecule has 0 spiro atoms. The fourth-order valence-corrected chi connectivity index (χ4v) is 2.45. The summed E-state index contributed by atoms with van der Waals surface area (Å²) < 4.78 is 1.75. The van der Waals surface area contributed by atoms with Gasteiger partial charge in [-0.05, 0) is 50.5 Å². The monoisotopic (exact) mass is 286 g/mol. The van der Waals surface area contributed by atoms with Crippen molar-refractivity contribution in [3.8, 4) is 0 Å². The van der Waals surface area contributed by atoms with E-state index in [0.29, 0.717) is 11.4 Å². The molecule has 112 valence electrons. The summed E-state index contributed by atoms with van der Waals surface area (Å²) in [6, 6.07) is 5.51. The highest BCUT2D eigenvalue weighted by atomic mass is 16.2. The van der Waals surface area contributed by atoms with E-state index in [2.05, 4.69) is 17.3 Å². The van der Waals surface area contributed by atoms with Gasteiger partial charge in [0, 0.05) is 17.1 Å². The molecule has 0 fully saturated rings. The van der Waals surface area contributed by atoms with Crippen LogP contribution in [0.5, 0.6) is 0 Å². The van der Waals surface area contributed by atoms with Crippen LogP contribution in [0.2, 0.25) is 0 Å². The topological polar surface area (TPSA) is 72.9 Å². The molecule has 5 heteroatoms. The van der Waals surface area contributed by atoms with Gasteiger partial charge in [-0.15, -0.1) is 0 Å². The lowest BCUT2D eigenvalue weighted by Crippen LogP contribution is -2.20. The molecule has 0 saturated heterocycles. The number of nitrogens with one attached hydrogen (secondary N) is 1. The van der Waals surface area contributed by atoms with Crippen LogP contribution in [0.4, 0.5) is 11.4 Å². The second kappa shape index (κ2) is 5.99. The van der Waals surface area contributed by atoms with Gasteiger partial charge in [0.15, 0.2) is 0 Å². The number of carbonyl (C=O) groups excluding carboxylic acids is 1. The van der Waals surface area contributed by atoms with Gasteiger partial charge < -0.3 is 11.1 Å². The lowest BCUT2D eigenvalue weighted by atomic mass is 10.1. The lowest BCUT2D eigenvalue weighted by molar-refractivity contribution is -0.116. The van der Waals surface area contributed by atoms with E-state index < -0.39 is 0 Å². The number of hydrogen-bond acceptors (Lipinski definition) is 3. The largest absolute Gasteiger partial charge is 0.398 e. The van der Waals surface area contributed by atoms with Gasteiger partial charge in [0.1, 0.15) is 6.54 Å². The van der Waals surface area contributed by atoms with Crippen LogP contribution in [0.25, 0.3) is 0 Å². The molecule has 1 amide bonds. The van der Waals surface area contributed by atoms with E-state index in [1.807, 2.05) is 32.9 Å². The number of nitrogens with zero attached hydrogens (tertiary/aromatic N) is 2. The second-order valence-electron chi connectivity index (χ2n) is 5.28. The Bertz CT molecular complexity index is 673. The van der Waals surface area contributed by atoms with E-state index in [0.717, 1.165) is 23.4 Å². The Morgan fingerprint density at radius 2 is 2.05 bits per heavy atom. The summed E-state index contributed by atoms with van der Waals surface area (Å²) in [7, 11) is 0. The molecule has 5 nitrogen and oxygen atoms in total. The van der Waals surface area contributed by atoms with E-state index in [4.69, 9.17) is 5.73 Å². The molecule has 0 aliphatic carbocycles. The lowest BCUT2D eigenvalue weighted by Gasteiger charge is -2.09. The van der Waals surface area contributed by atoms with Gasteiger partial charge in [-0.1, -0.05) is 13.0 Å². The third-order valence-electron chi connectivity index (χ3n) is 3.74. The van der Waals surface area contributed by atoms with Crippen molar-refractivity contribution >= 4 is 17.3 Å². The highest BCUT2D eigenvalue weighted by molar-refractivity contribution is 5.91. The third-order valence-corrected chi connectivity index (χ3v) is 3.74. The van der Waals surface area contributed by atoms with Gasteiger partial charge in [-0.2, -0.15) is 5.10 Å². The van der Waals surface area contributed by atoms with Crippen molar-refractivity contribution in [1.29, 1.82) is 0 Å². The fourth-order valence-electron chi connectivity index (χ4n) is 2.45. The van der Waals surface area contributed by atoms with Crippen molar-refractivity contribution in [2.45, 2.75) is 40.7 Å². The molecule has 3 N–H and O–H groups in total. The highest BCUT2D eigenvalue weighted by Gasteiger charge is 2.12. The van der Waals surface area contributed by atoms with Crippen molar-refractivity contribution in [2.24, 2.45) is 0 Å². The minimum atomic E-state index is -0.105. The first-order chi connectivity index (χ1) is 9.92. The van der Waals surface area contributed by atoms with Crippen LogP contribution in [0, 0.1) is 20.8 Å². The average molecular weight is 286 g/mol.